The Morgan fingerprint density at radius 2 is 2.03 bits per heavy atom. The Kier molecular flexibility index (Phi) is 5.71. The summed E-state index contributed by atoms with van der Waals surface area (Å²) in [5.41, 5.74) is -0.838. The van der Waals surface area contributed by atoms with Gasteiger partial charge in [0.2, 0.25) is 5.11 Å². The van der Waals surface area contributed by atoms with E-state index in [0.29, 0.717) is 25.3 Å². The van der Waals surface area contributed by atoms with Gasteiger partial charge in [-0.05, 0) is 62.7 Å². The lowest BCUT2D eigenvalue weighted by atomic mass is 9.87. The monoisotopic (exact) mass is 460 g/mol. The Labute approximate surface area is 190 Å². The lowest BCUT2D eigenvalue weighted by Crippen LogP contribution is -2.53. The summed E-state index contributed by atoms with van der Waals surface area (Å²) < 4.78 is 9.83. The fraction of sp³-hybridized carbons (Fsp3) is 0.429. The minimum absolute atomic E-state index is 0.0490. The van der Waals surface area contributed by atoms with Gasteiger partial charge in [-0.2, -0.15) is 0 Å². The van der Waals surface area contributed by atoms with Gasteiger partial charge in [0.1, 0.15) is 11.1 Å². The van der Waals surface area contributed by atoms with E-state index in [9.17, 15) is 9.59 Å². The van der Waals surface area contributed by atoms with Crippen LogP contribution in [0.4, 0.5) is 4.79 Å². The average Bonchev–Trinajstić information content (AvgIpc) is 3.42. The minimum Gasteiger partial charge on any atom is -0.444 e. The average molecular weight is 461 g/mol. The second-order valence-electron chi connectivity index (χ2n) is 8.57. The van der Waals surface area contributed by atoms with Gasteiger partial charge in [-0.25, -0.2) is 14.2 Å². The number of nitrogens with one attached hydrogen (secondary N) is 1. The molecule has 164 valence electrons. The van der Waals surface area contributed by atoms with Gasteiger partial charge in [0, 0.05) is 24.2 Å². The molecular weight excluding hydrogens is 436 g/mol. The van der Waals surface area contributed by atoms with Gasteiger partial charge in [0.25, 0.3) is 5.91 Å². The van der Waals surface area contributed by atoms with Crippen molar-refractivity contribution in [2.75, 3.05) is 19.7 Å². The van der Waals surface area contributed by atoms with Crippen LogP contribution >= 0.6 is 23.8 Å². The van der Waals surface area contributed by atoms with E-state index < -0.39 is 11.1 Å². The van der Waals surface area contributed by atoms with Crippen LogP contribution in [-0.2, 0) is 15.1 Å². The summed E-state index contributed by atoms with van der Waals surface area (Å²) in [6, 6.07) is 10.7. The number of carbonyl (C=O) groups excluding carboxylic acids is 2. The summed E-state index contributed by atoms with van der Waals surface area (Å²) in [4.78, 5) is 34.0. The molecule has 8 nitrogen and oxygen atoms in total. The number of thiocarbonyl (C=S) groups is 1. The predicted octanol–water partition coefficient (Wildman–Crippen LogP) is 3.17. The molecule has 2 aliphatic rings. The molecule has 1 aromatic carbocycles. The number of carbonyl (C=O) groups is 2. The van der Waals surface area contributed by atoms with E-state index in [-0.39, 0.29) is 23.0 Å². The molecule has 2 saturated heterocycles. The predicted molar refractivity (Wildman–Crippen MR) is 119 cm³/mol. The normalized spacial score (nSPS) is 22.9. The van der Waals surface area contributed by atoms with E-state index in [1.807, 2.05) is 32.9 Å². The second-order valence-corrected chi connectivity index (χ2v) is 9.79. The fourth-order valence-corrected chi connectivity index (χ4v) is 5.07. The lowest BCUT2D eigenvalue weighted by Gasteiger charge is -2.36. The number of hydrogen-bond acceptors (Lipinski definition) is 7. The summed E-state index contributed by atoms with van der Waals surface area (Å²) in [6.45, 7) is 6.65. The van der Waals surface area contributed by atoms with Crippen molar-refractivity contribution in [3.63, 3.8) is 0 Å². The van der Waals surface area contributed by atoms with Crippen molar-refractivity contribution < 1.29 is 19.2 Å². The van der Waals surface area contributed by atoms with E-state index in [1.165, 1.54) is 11.5 Å². The molecule has 0 unspecified atom stereocenters. The summed E-state index contributed by atoms with van der Waals surface area (Å²) in [6.07, 6.45) is 1.33. The summed E-state index contributed by atoms with van der Waals surface area (Å²) in [7, 11) is 0. The Bertz CT molecular complexity index is 977. The van der Waals surface area contributed by atoms with Gasteiger partial charge >= 0.3 is 6.09 Å². The topological polar surface area (TPSA) is 84.0 Å². The molecule has 0 saturated carbocycles. The summed E-state index contributed by atoms with van der Waals surface area (Å²) in [5.74, 6) is -0.369. The molecule has 1 aromatic heterocycles. The van der Waals surface area contributed by atoms with Gasteiger partial charge < -0.3 is 9.64 Å². The third-order valence-corrected chi connectivity index (χ3v) is 6.45. The van der Waals surface area contributed by atoms with Crippen molar-refractivity contribution in [1.29, 1.82) is 0 Å². The maximum absolute atomic E-state index is 12.8. The number of hydrogen-bond donors (Lipinski definition) is 1. The smallest absolute Gasteiger partial charge is 0.410 e. The van der Waals surface area contributed by atoms with Crippen LogP contribution in [-0.4, -0.2) is 56.7 Å². The molecule has 10 heteroatoms. The van der Waals surface area contributed by atoms with E-state index in [4.69, 9.17) is 21.8 Å². The van der Waals surface area contributed by atoms with Gasteiger partial charge in [0.05, 0.1) is 18.0 Å². The largest absolute Gasteiger partial charge is 0.444 e. The van der Waals surface area contributed by atoms with E-state index >= 15 is 0 Å². The highest BCUT2D eigenvalue weighted by Gasteiger charge is 2.60. The van der Waals surface area contributed by atoms with Gasteiger partial charge in [-0.1, -0.05) is 18.2 Å². The third kappa shape index (κ3) is 4.15. The Morgan fingerprint density at radius 1 is 1.29 bits per heavy atom. The van der Waals surface area contributed by atoms with Gasteiger partial charge in [-0.3, -0.25) is 14.9 Å². The number of amides is 2. The molecule has 2 fully saturated rings. The lowest BCUT2D eigenvalue weighted by molar-refractivity contribution is -0.104. The van der Waals surface area contributed by atoms with Crippen LogP contribution in [0.25, 0.3) is 0 Å². The first-order chi connectivity index (χ1) is 14.7. The number of likely N-dealkylation sites (tertiary alicyclic amines) is 1. The van der Waals surface area contributed by atoms with Crippen LogP contribution in [0.3, 0.4) is 0 Å². The highest BCUT2D eigenvalue weighted by molar-refractivity contribution is 7.80. The number of fused-ring (bicyclic) bond motifs is 1. The maximum Gasteiger partial charge on any atom is 0.410 e. The highest BCUT2D eigenvalue weighted by Crippen LogP contribution is 2.48. The van der Waals surface area contributed by atoms with Crippen molar-refractivity contribution in [2.45, 2.75) is 31.9 Å². The summed E-state index contributed by atoms with van der Waals surface area (Å²) in [5, 5.41) is 4.47. The minimum atomic E-state index is -0.737. The Balaban J connectivity index is 1.59. The number of benzene rings is 1. The Morgan fingerprint density at radius 3 is 2.68 bits per heavy atom. The third-order valence-electron chi connectivity index (χ3n) is 5.27. The first-order valence-corrected chi connectivity index (χ1v) is 11.1. The van der Waals surface area contributed by atoms with Gasteiger partial charge in [-0.15, -0.1) is 0 Å². The van der Waals surface area contributed by atoms with E-state index in [2.05, 4.69) is 9.69 Å². The molecule has 2 atom stereocenters. The van der Waals surface area contributed by atoms with Crippen LogP contribution in [0.2, 0.25) is 0 Å². The van der Waals surface area contributed by atoms with E-state index in [1.54, 1.807) is 40.4 Å². The van der Waals surface area contributed by atoms with Crippen molar-refractivity contribution in [3.05, 3.63) is 53.0 Å². The molecule has 3 heterocycles. The molecule has 2 amide bonds. The van der Waals surface area contributed by atoms with Gasteiger partial charge in [0.15, 0.2) is 0 Å². The van der Waals surface area contributed by atoms with Crippen molar-refractivity contribution in [1.82, 2.24) is 19.7 Å². The molecule has 2 aromatic rings. The number of nitrogens with zero attached hydrogens (tertiary/aromatic N) is 3. The van der Waals surface area contributed by atoms with Crippen LogP contribution < -0.4 is 5.32 Å². The Hall–Kier alpha value is -2.56. The standard InChI is InChI=1S/C21H24N4O4S2/c1-20(2,3)29-19(27)24-11-15-12-28-25(21(15,13-24)16-9-10-22-31-16)18(30)23-17(26)14-7-5-4-6-8-14/h4-10,15H,11-13H2,1-3H3,(H,23,26,30)/t15-,21-/m0/s1. The molecule has 0 radical (unpaired) electrons. The molecule has 2 aliphatic heterocycles. The first-order valence-electron chi connectivity index (χ1n) is 9.93. The number of ether oxygens (including phenoxy) is 1. The molecule has 4 rings (SSSR count). The van der Waals surface area contributed by atoms with Crippen LogP contribution in [0.5, 0.6) is 0 Å². The highest BCUT2D eigenvalue weighted by atomic mass is 32.1. The van der Waals surface area contributed by atoms with Crippen LogP contribution in [0.15, 0.2) is 42.6 Å². The number of hydroxylamine groups is 2. The number of rotatable bonds is 2. The maximum atomic E-state index is 12.8. The molecule has 0 bridgehead atoms. The molecule has 1 N–H and O–H groups in total. The molecular formula is C21H24N4O4S2. The second kappa shape index (κ2) is 8.18. The zero-order chi connectivity index (χ0) is 22.2. The first kappa shape index (κ1) is 21.7. The number of aromatic nitrogens is 1. The molecule has 0 spiro atoms. The fourth-order valence-electron chi connectivity index (χ4n) is 3.94. The SMILES string of the molecule is CC(C)(C)OC(=O)N1C[C@H]2CON(C(=S)NC(=O)c3ccccc3)[C@@]2(c2ccns2)C1. The quantitative estimate of drug-likeness (QED) is 0.689. The van der Waals surface area contributed by atoms with Crippen LogP contribution in [0, 0.1) is 5.92 Å². The molecule has 31 heavy (non-hydrogen) atoms. The van der Waals surface area contributed by atoms with Crippen molar-refractivity contribution >= 4 is 40.9 Å². The molecule has 0 aliphatic carbocycles. The zero-order valence-corrected chi connectivity index (χ0v) is 19.2. The zero-order valence-electron chi connectivity index (χ0n) is 17.5. The van der Waals surface area contributed by atoms with Crippen molar-refractivity contribution in [2.24, 2.45) is 5.92 Å². The van der Waals surface area contributed by atoms with Crippen LogP contribution in [0.1, 0.15) is 36.0 Å². The van der Waals surface area contributed by atoms with Crippen molar-refractivity contribution in [3.8, 4) is 0 Å². The van der Waals surface area contributed by atoms with E-state index in [0.717, 1.165) is 4.88 Å². The summed E-state index contributed by atoms with van der Waals surface area (Å²) >= 11 is 6.90.